The maximum absolute atomic E-state index is 13.9. The van der Waals surface area contributed by atoms with Crippen LogP contribution in [0.25, 0.3) is 0 Å². The van der Waals surface area contributed by atoms with E-state index >= 15 is 0 Å². The fraction of sp³-hybridized carbons (Fsp3) is 0.600. The van der Waals surface area contributed by atoms with Gasteiger partial charge in [-0.05, 0) is 24.8 Å². The lowest BCUT2D eigenvalue weighted by Gasteiger charge is -2.33. The third-order valence-corrected chi connectivity index (χ3v) is 3.48. The molecule has 1 fully saturated rings. The van der Waals surface area contributed by atoms with E-state index in [-0.39, 0.29) is 11.9 Å². The van der Waals surface area contributed by atoms with E-state index in [9.17, 15) is 4.39 Å². The molecular formula is C15H23FN2. The highest BCUT2D eigenvalue weighted by Gasteiger charge is 2.35. The van der Waals surface area contributed by atoms with Gasteiger partial charge in [-0.25, -0.2) is 4.39 Å². The third kappa shape index (κ3) is 3.09. The highest BCUT2D eigenvalue weighted by atomic mass is 19.1. The van der Waals surface area contributed by atoms with Crippen LogP contribution in [0.15, 0.2) is 24.3 Å². The average Bonchev–Trinajstić information content (AvgIpc) is 3.14. The molecule has 1 aliphatic carbocycles. The fourth-order valence-corrected chi connectivity index (χ4v) is 2.54. The van der Waals surface area contributed by atoms with Gasteiger partial charge in [0.1, 0.15) is 5.82 Å². The van der Waals surface area contributed by atoms with Crippen LogP contribution in [-0.2, 0) is 0 Å². The van der Waals surface area contributed by atoms with Crippen LogP contribution >= 0.6 is 0 Å². The van der Waals surface area contributed by atoms with Gasteiger partial charge < -0.3 is 5.73 Å². The van der Waals surface area contributed by atoms with E-state index in [0.29, 0.717) is 18.5 Å². The van der Waals surface area contributed by atoms with Crippen molar-refractivity contribution in [2.75, 3.05) is 13.1 Å². The first-order valence-electron chi connectivity index (χ1n) is 6.83. The SMILES string of the molecule is CC(C)CN(C1CC1)C(CN)c1ccccc1F. The summed E-state index contributed by atoms with van der Waals surface area (Å²) in [5, 5.41) is 0. The Kier molecular flexibility index (Phi) is 4.36. The second-order valence-electron chi connectivity index (χ2n) is 5.59. The summed E-state index contributed by atoms with van der Waals surface area (Å²) < 4.78 is 13.9. The summed E-state index contributed by atoms with van der Waals surface area (Å²) >= 11 is 0. The van der Waals surface area contributed by atoms with Gasteiger partial charge in [0.25, 0.3) is 0 Å². The number of benzene rings is 1. The molecule has 0 radical (unpaired) electrons. The van der Waals surface area contributed by atoms with Crippen LogP contribution in [0.3, 0.4) is 0 Å². The van der Waals surface area contributed by atoms with Crippen molar-refractivity contribution in [1.29, 1.82) is 0 Å². The zero-order valence-corrected chi connectivity index (χ0v) is 11.3. The molecule has 100 valence electrons. The Morgan fingerprint density at radius 1 is 1.33 bits per heavy atom. The Hall–Kier alpha value is -0.930. The molecule has 2 N–H and O–H groups in total. The van der Waals surface area contributed by atoms with Gasteiger partial charge in [0.15, 0.2) is 0 Å². The van der Waals surface area contributed by atoms with Crippen molar-refractivity contribution in [1.82, 2.24) is 4.90 Å². The molecule has 3 heteroatoms. The molecule has 2 nitrogen and oxygen atoms in total. The summed E-state index contributed by atoms with van der Waals surface area (Å²) in [4.78, 5) is 2.39. The molecule has 0 bridgehead atoms. The second-order valence-corrected chi connectivity index (χ2v) is 5.59. The van der Waals surface area contributed by atoms with Gasteiger partial charge in [-0.1, -0.05) is 32.0 Å². The maximum Gasteiger partial charge on any atom is 0.128 e. The molecule has 0 aliphatic heterocycles. The van der Waals surface area contributed by atoms with E-state index in [1.54, 1.807) is 6.07 Å². The quantitative estimate of drug-likeness (QED) is 0.841. The first-order valence-corrected chi connectivity index (χ1v) is 6.83. The van der Waals surface area contributed by atoms with Crippen molar-refractivity contribution < 1.29 is 4.39 Å². The molecule has 1 aromatic carbocycles. The molecule has 1 aliphatic rings. The van der Waals surface area contributed by atoms with Gasteiger partial charge in [-0.3, -0.25) is 4.90 Å². The van der Waals surface area contributed by atoms with Crippen LogP contribution in [-0.4, -0.2) is 24.0 Å². The van der Waals surface area contributed by atoms with E-state index in [1.165, 1.54) is 18.9 Å². The maximum atomic E-state index is 13.9. The molecule has 18 heavy (non-hydrogen) atoms. The van der Waals surface area contributed by atoms with Crippen LogP contribution in [0.4, 0.5) is 4.39 Å². The molecule has 1 aromatic rings. The summed E-state index contributed by atoms with van der Waals surface area (Å²) in [6.07, 6.45) is 2.44. The number of nitrogens with zero attached hydrogens (tertiary/aromatic N) is 1. The van der Waals surface area contributed by atoms with Crippen LogP contribution in [0, 0.1) is 11.7 Å². The Bertz CT molecular complexity index is 388. The zero-order valence-electron chi connectivity index (χ0n) is 11.3. The Morgan fingerprint density at radius 3 is 2.50 bits per heavy atom. The number of rotatable bonds is 6. The lowest BCUT2D eigenvalue weighted by molar-refractivity contribution is 0.166. The van der Waals surface area contributed by atoms with E-state index in [0.717, 1.165) is 12.1 Å². The molecule has 0 heterocycles. The fourth-order valence-electron chi connectivity index (χ4n) is 2.54. The van der Waals surface area contributed by atoms with Crippen molar-refractivity contribution in [3.05, 3.63) is 35.6 Å². The predicted molar refractivity (Wildman–Crippen MR) is 72.8 cm³/mol. The Balaban J connectivity index is 2.22. The van der Waals surface area contributed by atoms with Gasteiger partial charge in [0.2, 0.25) is 0 Å². The van der Waals surface area contributed by atoms with Gasteiger partial charge in [-0.15, -0.1) is 0 Å². The number of halogens is 1. The molecule has 1 unspecified atom stereocenters. The summed E-state index contributed by atoms with van der Waals surface area (Å²) in [7, 11) is 0. The van der Waals surface area contributed by atoms with Gasteiger partial charge >= 0.3 is 0 Å². The van der Waals surface area contributed by atoms with E-state index in [2.05, 4.69) is 18.7 Å². The lowest BCUT2D eigenvalue weighted by Crippen LogP contribution is -2.38. The number of hydrogen-bond acceptors (Lipinski definition) is 2. The monoisotopic (exact) mass is 250 g/mol. The normalized spacial score (nSPS) is 17.4. The molecular weight excluding hydrogens is 227 g/mol. The van der Waals surface area contributed by atoms with Gasteiger partial charge in [0.05, 0.1) is 6.04 Å². The smallest absolute Gasteiger partial charge is 0.128 e. The summed E-state index contributed by atoms with van der Waals surface area (Å²) in [5.74, 6) is 0.439. The van der Waals surface area contributed by atoms with Crippen molar-refractivity contribution in [3.8, 4) is 0 Å². The van der Waals surface area contributed by atoms with Crippen molar-refractivity contribution in [3.63, 3.8) is 0 Å². The minimum Gasteiger partial charge on any atom is -0.329 e. The van der Waals surface area contributed by atoms with Crippen LogP contribution in [0.2, 0.25) is 0 Å². The molecule has 0 aromatic heterocycles. The Labute approximate surface area is 109 Å². The van der Waals surface area contributed by atoms with Crippen molar-refractivity contribution in [2.24, 2.45) is 11.7 Å². The topological polar surface area (TPSA) is 29.3 Å². The first-order chi connectivity index (χ1) is 8.63. The first kappa shape index (κ1) is 13.5. The van der Waals surface area contributed by atoms with Crippen molar-refractivity contribution >= 4 is 0 Å². The van der Waals surface area contributed by atoms with Gasteiger partial charge in [-0.2, -0.15) is 0 Å². The molecule has 0 spiro atoms. The number of nitrogens with two attached hydrogens (primary N) is 1. The standard InChI is InChI=1S/C15H23FN2/c1-11(2)10-18(12-7-8-12)15(9-17)13-5-3-4-6-14(13)16/h3-6,11-12,15H,7-10,17H2,1-2H3. The van der Waals surface area contributed by atoms with Crippen LogP contribution in [0.5, 0.6) is 0 Å². The van der Waals surface area contributed by atoms with Gasteiger partial charge in [0, 0.05) is 24.7 Å². The lowest BCUT2D eigenvalue weighted by atomic mass is 10.0. The van der Waals surface area contributed by atoms with E-state index < -0.39 is 0 Å². The highest BCUT2D eigenvalue weighted by molar-refractivity contribution is 5.22. The van der Waals surface area contributed by atoms with Crippen LogP contribution < -0.4 is 5.73 Å². The summed E-state index contributed by atoms with van der Waals surface area (Å²) in [6, 6.07) is 7.63. The average molecular weight is 250 g/mol. The third-order valence-electron chi connectivity index (χ3n) is 3.48. The summed E-state index contributed by atoms with van der Waals surface area (Å²) in [5.41, 5.74) is 6.65. The molecule has 1 atom stereocenters. The molecule has 0 amide bonds. The zero-order chi connectivity index (χ0) is 13.1. The van der Waals surface area contributed by atoms with E-state index in [1.807, 2.05) is 12.1 Å². The molecule has 1 saturated carbocycles. The van der Waals surface area contributed by atoms with Crippen LogP contribution in [0.1, 0.15) is 38.3 Å². The van der Waals surface area contributed by atoms with Crippen molar-refractivity contribution in [2.45, 2.75) is 38.8 Å². The molecule has 2 rings (SSSR count). The molecule has 0 saturated heterocycles. The highest BCUT2D eigenvalue weighted by Crippen LogP contribution is 2.35. The second kappa shape index (κ2) is 5.81. The predicted octanol–water partition coefficient (Wildman–Crippen LogP) is 2.95. The number of hydrogen-bond donors (Lipinski definition) is 1. The minimum absolute atomic E-state index is 0.0149. The summed E-state index contributed by atoms with van der Waals surface area (Å²) in [6.45, 7) is 5.86. The Morgan fingerprint density at radius 2 is 2.00 bits per heavy atom. The largest absolute Gasteiger partial charge is 0.329 e. The minimum atomic E-state index is -0.137. The van der Waals surface area contributed by atoms with E-state index in [4.69, 9.17) is 5.73 Å².